The van der Waals surface area contributed by atoms with Gasteiger partial charge >= 0.3 is 6.09 Å². The fourth-order valence-corrected chi connectivity index (χ4v) is 4.58. The summed E-state index contributed by atoms with van der Waals surface area (Å²) in [5.74, 6) is 0.334. The van der Waals surface area contributed by atoms with Crippen LogP contribution in [0.2, 0.25) is 0 Å². The molecule has 124 valence electrons. The highest BCUT2D eigenvalue weighted by molar-refractivity contribution is 5.81. The Balaban J connectivity index is 1.68. The second-order valence-corrected chi connectivity index (χ2v) is 6.94. The predicted octanol–water partition coefficient (Wildman–Crippen LogP) is 2.96. The van der Waals surface area contributed by atoms with E-state index in [4.69, 9.17) is 0 Å². The first-order chi connectivity index (χ1) is 11.2. The van der Waals surface area contributed by atoms with Gasteiger partial charge < -0.3 is 19.8 Å². The summed E-state index contributed by atoms with van der Waals surface area (Å²) in [6.45, 7) is 6.82. The van der Waals surface area contributed by atoms with Gasteiger partial charge in [0.25, 0.3) is 0 Å². The second-order valence-electron chi connectivity index (χ2n) is 6.94. The molecule has 1 aromatic rings. The maximum absolute atomic E-state index is 11.4. The van der Waals surface area contributed by atoms with Gasteiger partial charge in [0.2, 0.25) is 0 Å². The molecule has 1 saturated heterocycles. The molecule has 0 unspecified atom stereocenters. The van der Waals surface area contributed by atoms with Crippen molar-refractivity contribution < 1.29 is 9.90 Å². The lowest BCUT2D eigenvalue weighted by Gasteiger charge is -2.42. The summed E-state index contributed by atoms with van der Waals surface area (Å²) in [7, 11) is 0. The second kappa shape index (κ2) is 5.62. The van der Waals surface area contributed by atoms with Crippen molar-refractivity contribution in [2.45, 2.75) is 38.1 Å². The van der Waals surface area contributed by atoms with Gasteiger partial charge in [0.1, 0.15) is 0 Å². The number of para-hydroxylation sites is 1. The molecule has 0 bridgehead atoms. The number of hydrogen-bond donors (Lipinski definition) is 1. The highest BCUT2D eigenvalue weighted by Crippen LogP contribution is 2.50. The molecular formula is C18H25N3O2. The molecule has 0 aliphatic carbocycles. The monoisotopic (exact) mass is 315 g/mol. The number of rotatable bonds is 3. The van der Waals surface area contributed by atoms with Crippen LogP contribution in [-0.4, -0.2) is 54.9 Å². The minimum Gasteiger partial charge on any atom is -0.465 e. The van der Waals surface area contributed by atoms with E-state index < -0.39 is 6.09 Å². The quantitative estimate of drug-likeness (QED) is 0.931. The maximum Gasteiger partial charge on any atom is 0.407 e. The third kappa shape index (κ3) is 2.25. The Kier molecular flexibility index (Phi) is 3.58. The molecule has 1 aromatic carbocycles. The van der Waals surface area contributed by atoms with Crippen LogP contribution in [-0.2, 0) is 0 Å². The third-order valence-electron chi connectivity index (χ3n) is 5.71. The van der Waals surface area contributed by atoms with Crippen molar-refractivity contribution in [2.75, 3.05) is 42.5 Å². The normalized spacial score (nSPS) is 25.3. The standard InChI is InChI=1S/C18H25N3O2/c1-2-3-8-19-10-11-21-15-7-9-20(18(22)23)12-14(15)13-5-4-6-16(19)17(13)21/h4-6,14-15H,2-3,7-12H2,1H3,(H,22,23)/t14-,15-/m0/s1. The molecule has 0 spiro atoms. The molecule has 5 heteroatoms. The van der Waals surface area contributed by atoms with Gasteiger partial charge in [-0.05, 0) is 24.5 Å². The van der Waals surface area contributed by atoms with E-state index in [1.807, 2.05) is 0 Å². The van der Waals surface area contributed by atoms with E-state index in [0.717, 1.165) is 26.1 Å². The number of hydrogen-bond acceptors (Lipinski definition) is 3. The fraction of sp³-hybridized carbons (Fsp3) is 0.611. The largest absolute Gasteiger partial charge is 0.465 e. The Morgan fingerprint density at radius 2 is 2.17 bits per heavy atom. The maximum atomic E-state index is 11.4. The topological polar surface area (TPSA) is 47.0 Å². The number of unbranched alkanes of at least 4 members (excludes halogenated alkanes) is 1. The van der Waals surface area contributed by atoms with E-state index in [9.17, 15) is 9.90 Å². The highest BCUT2D eigenvalue weighted by Gasteiger charge is 2.45. The number of nitrogens with zero attached hydrogens (tertiary/aromatic N) is 3. The van der Waals surface area contributed by atoms with Gasteiger partial charge in [-0.15, -0.1) is 0 Å². The number of anilines is 2. The fourth-order valence-electron chi connectivity index (χ4n) is 4.58. The molecular weight excluding hydrogens is 290 g/mol. The van der Waals surface area contributed by atoms with E-state index in [2.05, 4.69) is 34.9 Å². The molecule has 4 rings (SSSR count). The van der Waals surface area contributed by atoms with E-state index in [-0.39, 0.29) is 0 Å². The Morgan fingerprint density at radius 3 is 2.96 bits per heavy atom. The van der Waals surface area contributed by atoms with E-state index in [0.29, 0.717) is 25.0 Å². The number of likely N-dealkylation sites (tertiary alicyclic amines) is 1. The van der Waals surface area contributed by atoms with Crippen LogP contribution in [0.4, 0.5) is 16.2 Å². The van der Waals surface area contributed by atoms with Crippen molar-refractivity contribution >= 4 is 17.5 Å². The Morgan fingerprint density at radius 1 is 1.30 bits per heavy atom. The Bertz CT molecular complexity index is 618. The number of carbonyl (C=O) groups is 1. The van der Waals surface area contributed by atoms with Gasteiger partial charge in [-0.2, -0.15) is 0 Å². The summed E-state index contributed by atoms with van der Waals surface area (Å²) in [4.78, 5) is 18.0. The van der Waals surface area contributed by atoms with Crippen molar-refractivity contribution in [3.05, 3.63) is 23.8 Å². The van der Waals surface area contributed by atoms with Crippen LogP contribution in [0.1, 0.15) is 37.7 Å². The summed E-state index contributed by atoms with van der Waals surface area (Å²) in [6, 6.07) is 7.09. The zero-order chi connectivity index (χ0) is 16.0. The van der Waals surface area contributed by atoms with E-state index in [1.54, 1.807) is 4.90 Å². The summed E-state index contributed by atoms with van der Waals surface area (Å²) in [6.07, 6.45) is 2.61. The molecule has 3 aliphatic rings. The molecule has 1 fully saturated rings. The van der Waals surface area contributed by atoms with Crippen LogP contribution in [0.25, 0.3) is 0 Å². The number of carboxylic acid groups (broad SMARTS) is 1. The summed E-state index contributed by atoms with van der Waals surface area (Å²) in [5, 5.41) is 9.34. The first-order valence-corrected chi connectivity index (χ1v) is 8.83. The van der Waals surface area contributed by atoms with E-state index in [1.165, 1.54) is 29.8 Å². The van der Waals surface area contributed by atoms with Gasteiger partial charge in [-0.25, -0.2) is 4.79 Å². The van der Waals surface area contributed by atoms with Crippen molar-refractivity contribution in [2.24, 2.45) is 0 Å². The zero-order valence-corrected chi connectivity index (χ0v) is 13.7. The number of amides is 1. The SMILES string of the molecule is CCCCN1CCN2c3c(cccc31)[C@@H]1CN(C(=O)O)CC[C@@H]12. The Hall–Kier alpha value is -1.91. The molecule has 0 aromatic heterocycles. The average molecular weight is 315 g/mol. The predicted molar refractivity (Wildman–Crippen MR) is 91.7 cm³/mol. The molecule has 1 N–H and O–H groups in total. The number of piperidine rings is 1. The van der Waals surface area contributed by atoms with Crippen LogP contribution >= 0.6 is 0 Å². The number of fused-ring (bicyclic) bond motifs is 3. The van der Waals surface area contributed by atoms with Gasteiger partial charge in [-0.3, -0.25) is 0 Å². The summed E-state index contributed by atoms with van der Waals surface area (Å²) >= 11 is 0. The number of benzene rings is 1. The molecule has 2 atom stereocenters. The van der Waals surface area contributed by atoms with Gasteiger partial charge in [0.15, 0.2) is 0 Å². The zero-order valence-electron chi connectivity index (χ0n) is 13.7. The lowest BCUT2D eigenvalue weighted by Crippen LogP contribution is -2.50. The highest BCUT2D eigenvalue weighted by atomic mass is 16.4. The molecule has 5 nitrogen and oxygen atoms in total. The van der Waals surface area contributed by atoms with Crippen molar-refractivity contribution in [1.29, 1.82) is 0 Å². The first-order valence-electron chi connectivity index (χ1n) is 8.83. The molecule has 3 heterocycles. The lowest BCUT2D eigenvalue weighted by atomic mass is 9.89. The van der Waals surface area contributed by atoms with Gasteiger partial charge in [0, 0.05) is 44.7 Å². The molecule has 23 heavy (non-hydrogen) atoms. The molecule has 3 aliphatic heterocycles. The summed E-state index contributed by atoms with van der Waals surface area (Å²) < 4.78 is 0. The minimum atomic E-state index is -0.779. The van der Waals surface area contributed by atoms with Crippen molar-refractivity contribution in [1.82, 2.24) is 4.90 Å². The first kappa shape index (κ1) is 14.7. The summed E-state index contributed by atoms with van der Waals surface area (Å²) in [5.41, 5.74) is 4.11. The smallest absolute Gasteiger partial charge is 0.407 e. The lowest BCUT2D eigenvalue weighted by molar-refractivity contribution is 0.127. The molecule has 0 radical (unpaired) electrons. The minimum absolute atomic E-state index is 0.334. The van der Waals surface area contributed by atoms with Gasteiger partial charge in [-0.1, -0.05) is 25.5 Å². The van der Waals surface area contributed by atoms with Crippen LogP contribution in [0, 0.1) is 0 Å². The van der Waals surface area contributed by atoms with Crippen LogP contribution in [0.15, 0.2) is 18.2 Å². The van der Waals surface area contributed by atoms with Crippen molar-refractivity contribution in [3.8, 4) is 0 Å². The van der Waals surface area contributed by atoms with Crippen molar-refractivity contribution in [3.63, 3.8) is 0 Å². The average Bonchev–Trinajstić information content (AvgIpc) is 2.89. The third-order valence-corrected chi connectivity index (χ3v) is 5.71. The van der Waals surface area contributed by atoms with E-state index >= 15 is 0 Å². The van der Waals surface area contributed by atoms with Crippen LogP contribution in [0.3, 0.4) is 0 Å². The van der Waals surface area contributed by atoms with Crippen LogP contribution in [0.5, 0.6) is 0 Å². The van der Waals surface area contributed by atoms with Gasteiger partial charge in [0.05, 0.1) is 11.4 Å². The van der Waals surface area contributed by atoms with Crippen LogP contribution < -0.4 is 9.80 Å². The molecule has 0 saturated carbocycles. The Labute approximate surface area is 137 Å². The molecule has 1 amide bonds.